The molecule has 0 aliphatic carbocycles. The van der Waals surface area contributed by atoms with Gasteiger partial charge in [-0.05, 0) is 53.6 Å². The van der Waals surface area contributed by atoms with Gasteiger partial charge in [-0.15, -0.1) is 0 Å². The summed E-state index contributed by atoms with van der Waals surface area (Å²) in [6.45, 7) is 0. The average molecular weight is 642 g/mol. The van der Waals surface area contributed by atoms with Crippen molar-refractivity contribution in [2.75, 3.05) is 0 Å². The van der Waals surface area contributed by atoms with E-state index in [1.165, 1.54) is 5.39 Å². The lowest BCUT2D eigenvalue weighted by Crippen LogP contribution is -2.01. The maximum absolute atomic E-state index is 6.58. The summed E-state index contributed by atoms with van der Waals surface area (Å²) < 4.78 is 8.78. The maximum Gasteiger partial charge on any atom is 0.164 e. The van der Waals surface area contributed by atoms with Gasteiger partial charge in [-0.3, -0.25) is 4.57 Å². The van der Waals surface area contributed by atoms with Crippen LogP contribution in [0.4, 0.5) is 0 Å². The van der Waals surface area contributed by atoms with Crippen LogP contribution in [0.5, 0.6) is 0 Å². The zero-order valence-electron chi connectivity index (χ0n) is 26.7. The highest BCUT2D eigenvalue weighted by atomic mass is 16.3. The van der Waals surface area contributed by atoms with Crippen LogP contribution in [-0.4, -0.2) is 24.5 Å². The summed E-state index contributed by atoms with van der Waals surface area (Å²) in [5.74, 6) is 1.81. The van der Waals surface area contributed by atoms with Gasteiger partial charge in [0.05, 0.1) is 11.2 Å². The third kappa shape index (κ3) is 4.58. The molecule has 0 spiro atoms. The first-order valence-corrected chi connectivity index (χ1v) is 16.6. The second-order valence-electron chi connectivity index (χ2n) is 12.3. The molecule has 50 heavy (non-hydrogen) atoms. The van der Waals surface area contributed by atoms with Gasteiger partial charge >= 0.3 is 0 Å². The number of nitrogens with zero attached hydrogens (tertiary/aromatic N) is 5. The molecule has 0 aliphatic heterocycles. The van der Waals surface area contributed by atoms with Gasteiger partial charge in [0.2, 0.25) is 0 Å². The highest BCUT2D eigenvalue weighted by molar-refractivity contribution is 6.09. The minimum atomic E-state index is 0.580. The van der Waals surface area contributed by atoms with Gasteiger partial charge in [0.25, 0.3) is 0 Å². The molecule has 0 N–H and O–H groups in total. The van der Waals surface area contributed by atoms with Gasteiger partial charge in [0.15, 0.2) is 17.5 Å². The average Bonchev–Trinajstić information content (AvgIpc) is 3.73. The van der Waals surface area contributed by atoms with Crippen LogP contribution >= 0.6 is 0 Å². The number of rotatable bonds is 5. The number of furan rings is 1. The fraction of sp³-hybridized carbons (Fsp3) is 0. The summed E-state index contributed by atoms with van der Waals surface area (Å²) in [5, 5.41) is 4.36. The van der Waals surface area contributed by atoms with E-state index in [9.17, 15) is 0 Å². The highest BCUT2D eigenvalue weighted by Crippen LogP contribution is 2.37. The van der Waals surface area contributed by atoms with Crippen LogP contribution in [0.1, 0.15) is 0 Å². The van der Waals surface area contributed by atoms with E-state index < -0.39 is 0 Å². The van der Waals surface area contributed by atoms with Crippen molar-refractivity contribution in [3.63, 3.8) is 0 Å². The molecular formula is C44H27N5O. The smallest absolute Gasteiger partial charge is 0.164 e. The van der Waals surface area contributed by atoms with Crippen molar-refractivity contribution in [1.29, 1.82) is 0 Å². The first-order valence-electron chi connectivity index (χ1n) is 16.6. The zero-order chi connectivity index (χ0) is 33.0. The van der Waals surface area contributed by atoms with Crippen molar-refractivity contribution in [1.82, 2.24) is 24.5 Å². The van der Waals surface area contributed by atoms with E-state index in [0.717, 1.165) is 72.0 Å². The Bertz CT molecular complexity index is 2820. The van der Waals surface area contributed by atoms with E-state index in [0.29, 0.717) is 17.5 Å². The SMILES string of the molecule is c1ccc(-c2nc(-c3ccc4c(c3)oc3cc(-n5c6ccccc6c6cccnc65)ccc34)nc(-c3ccccc3-c3ccccc3)n2)cc1. The molecule has 6 aromatic carbocycles. The number of benzene rings is 6. The van der Waals surface area contributed by atoms with Crippen LogP contribution in [0.15, 0.2) is 168 Å². The number of para-hydroxylation sites is 1. The van der Waals surface area contributed by atoms with E-state index in [1.54, 1.807) is 0 Å². The van der Waals surface area contributed by atoms with Gasteiger partial charge in [-0.2, -0.15) is 0 Å². The Morgan fingerprint density at radius 1 is 0.420 bits per heavy atom. The van der Waals surface area contributed by atoms with Crippen molar-refractivity contribution in [2.45, 2.75) is 0 Å². The molecule has 4 heterocycles. The summed E-state index contributed by atoms with van der Waals surface area (Å²) >= 11 is 0. The lowest BCUT2D eigenvalue weighted by molar-refractivity contribution is 0.668. The third-order valence-electron chi connectivity index (χ3n) is 9.33. The molecule has 0 saturated carbocycles. The van der Waals surface area contributed by atoms with Crippen LogP contribution in [-0.2, 0) is 0 Å². The van der Waals surface area contributed by atoms with Crippen LogP contribution in [0, 0.1) is 0 Å². The van der Waals surface area contributed by atoms with Gasteiger partial charge in [0, 0.05) is 50.5 Å². The summed E-state index contributed by atoms with van der Waals surface area (Å²) in [6.07, 6.45) is 1.84. The van der Waals surface area contributed by atoms with Gasteiger partial charge in [-0.25, -0.2) is 19.9 Å². The molecule has 6 heteroatoms. The number of hydrogen-bond donors (Lipinski definition) is 0. The molecule has 0 amide bonds. The molecule has 10 aromatic rings. The van der Waals surface area contributed by atoms with E-state index >= 15 is 0 Å². The highest BCUT2D eigenvalue weighted by Gasteiger charge is 2.18. The fourth-order valence-corrected chi connectivity index (χ4v) is 6.99. The second kappa shape index (κ2) is 11.4. The fourth-order valence-electron chi connectivity index (χ4n) is 6.99. The Morgan fingerprint density at radius 2 is 1.04 bits per heavy atom. The molecule has 10 rings (SSSR count). The van der Waals surface area contributed by atoms with Crippen molar-refractivity contribution < 1.29 is 4.42 Å². The van der Waals surface area contributed by atoms with Crippen LogP contribution < -0.4 is 0 Å². The van der Waals surface area contributed by atoms with Gasteiger partial charge < -0.3 is 4.42 Å². The van der Waals surface area contributed by atoms with Crippen LogP contribution in [0.3, 0.4) is 0 Å². The molecule has 0 aliphatic rings. The van der Waals surface area contributed by atoms with E-state index in [2.05, 4.69) is 89.5 Å². The Hall–Kier alpha value is -6.92. The summed E-state index contributed by atoms with van der Waals surface area (Å²) in [5.41, 5.74) is 9.46. The predicted molar refractivity (Wildman–Crippen MR) is 201 cm³/mol. The van der Waals surface area contributed by atoms with Crippen LogP contribution in [0.25, 0.3) is 94.9 Å². The first kappa shape index (κ1) is 28.1. The van der Waals surface area contributed by atoms with Gasteiger partial charge in [0.1, 0.15) is 16.8 Å². The van der Waals surface area contributed by atoms with Gasteiger partial charge in [-0.1, -0.05) is 109 Å². The number of fused-ring (bicyclic) bond motifs is 6. The Labute approximate surface area is 287 Å². The molecular weight excluding hydrogens is 615 g/mol. The van der Waals surface area contributed by atoms with E-state index in [-0.39, 0.29) is 0 Å². The summed E-state index contributed by atoms with van der Waals surface area (Å²) in [4.78, 5) is 19.8. The predicted octanol–water partition coefficient (Wildman–Crippen LogP) is 10.9. The monoisotopic (exact) mass is 641 g/mol. The number of aromatic nitrogens is 5. The second-order valence-corrected chi connectivity index (χ2v) is 12.3. The summed E-state index contributed by atoms with van der Waals surface area (Å²) in [7, 11) is 0. The third-order valence-corrected chi connectivity index (χ3v) is 9.33. The molecule has 0 fully saturated rings. The standard InChI is InChI=1S/C44H27N5O/c1-3-12-28(13-4-1)32-16-7-8-18-36(32)43-47-41(29-14-5-2-6-15-29)46-42(48-43)30-21-23-34-35-24-22-31(27-40(35)50-39(34)26-30)49-38-20-10-9-17-33(38)37-19-11-25-45-44(37)49/h1-27H. The molecule has 0 saturated heterocycles. The van der Waals surface area contributed by atoms with Crippen molar-refractivity contribution in [3.05, 3.63) is 164 Å². The summed E-state index contributed by atoms with van der Waals surface area (Å²) in [6, 6.07) is 53.7. The zero-order valence-corrected chi connectivity index (χ0v) is 26.7. The van der Waals surface area contributed by atoms with Crippen molar-refractivity contribution >= 4 is 43.9 Å². The molecule has 0 radical (unpaired) electrons. The lowest BCUT2D eigenvalue weighted by atomic mass is 9.99. The first-order chi connectivity index (χ1) is 24.8. The van der Waals surface area contributed by atoms with Crippen molar-refractivity contribution in [2.24, 2.45) is 0 Å². The molecule has 0 atom stereocenters. The van der Waals surface area contributed by atoms with E-state index in [1.807, 2.05) is 79.0 Å². The number of pyridine rings is 1. The largest absolute Gasteiger partial charge is 0.456 e. The minimum Gasteiger partial charge on any atom is -0.456 e. The molecule has 234 valence electrons. The minimum absolute atomic E-state index is 0.580. The van der Waals surface area contributed by atoms with Crippen LogP contribution in [0.2, 0.25) is 0 Å². The quantitative estimate of drug-likeness (QED) is 0.187. The molecule has 6 nitrogen and oxygen atoms in total. The van der Waals surface area contributed by atoms with Crippen molar-refractivity contribution in [3.8, 4) is 51.0 Å². The topological polar surface area (TPSA) is 69.6 Å². The molecule has 4 aromatic heterocycles. The Morgan fingerprint density at radius 3 is 1.86 bits per heavy atom. The van der Waals surface area contributed by atoms with E-state index in [4.69, 9.17) is 24.4 Å². The number of hydrogen-bond acceptors (Lipinski definition) is 5. The Balaban J connectivity index is 1.12. The Kier molecular flexibility index (Phi) is 6.39. The lowest BCUT2D eigenvalue weighted by Gasteiger charge is -2.12. The molecule has 0 bridgehead atoms. The maximum atomic E-state index is 6.58. The normalized spacial score (nSPS) is 11.6. The molecule has 0 unspecified atom stereocenters.